The Morgan fingerprint density at radius 1 is 1.36 bits per heavy atom. The Morgan fingerprint density at radius 2 is 2.20 bits per heavy atom. The van der Waals surface area contributed by atoms with Crippen molar-refractivity contribution in [1.82, 2.24) is 9.88 Å². The number of hydrogen-bond donors (Lipinski definition) is 0. The molecule has 5 nitrogen and oxygen atoms in total. The first kappa shape index (κ1) is 17.0. The van der Waals surface area contributed by atoms with Crippen LogP contribution in [0.3, 0.4) is 0 Å². The molecule has 3 fully saturated rings. The van der Waals surface area contributed by atoms with Gasteiger partial charge in [0.1, 0.15) is 0 Å². The summed E-state index contributed by atoms with van der Waals surface area (Å²) in [6.07, 6.45) is 10.1. The second-order valence-corrected chi connectivity index (χ2v) is 7.90. The van der Waals surface area contributed by atoms with Crippen LogP contribution in [0.5, 0.6) is 0 Å². The molecular formula is C20H28N2O3. The van der Waals surface area contributed by atoms with E-state index >= 15 is 0 Å². The molecule has 3 atom stereocenters. The highest BCUT2D eigenvalue weighted by molar-refractivity contribution is 5.96. The van der Waals surface area contributed by atoms with Crippen LogP contribution in [0.15, 0.2) is 18.5 Å². The van der Waals surface area contributed by atoms with Gasteiger partial charge in [-0.15, -0.1) is 0 Å². The average molecular weight is 344 g/mol. The van der Waals surface area contributed by atoms with E-state index < -0.39 is 0 Å². The molecule has 2 aliphatic carbocycles. The van der Waals surface area contributed by atoms with Crippen molar-refractivity contribution in [3.63, 3.8) is 0 Å². The van der Waals surface area contributed by atoms with Gasteiger partial charge in [0.05, 0.1) is 17.7 Å². The summed E-state index contributed by atoms with van der Waals surface area (Å²) in [4.78, 5) is 19.3. The van der Waals surface area contributed by atoms with Crippen LogP contribution < -0.4 is 0 Å². The molecule has 2 heterocycles. The number of methoxy groups -OCH3 is 1. The highest BCUT2D eigenvalue weighted by Gasteiger charge is 2.53. The number of rotatable bonds is 5. The number of carbonyl (C=O) groups is 1. The van der Waals surface area contributed by atoms with Gasteiger partial charge < -0.3 is 14.4 Å². The monoisotopic (exact) mass is 344 g/mol. The number of pyridine rings is 1. The molecule has 1 aromatic heterocycles. The van der Waals surface area contributed by atoms with E-state index in [2.05, 4.69) is 4.98 Å². The molecule has 0 N–H and O–H groups in total. The molecule has 0 bridgehead atoms. The lowest BCUT2D eigenvalue weighted by Crippen LogP contribution is -2.53. The van der Waals surface area contributed by atoms with Gasteiger partial charge in [-0.2, -0.15) is 0 Å². The van der Waals surface area contributed by atoms with Crippen molar-refractivity contribution in [2.24, 2.45) is 5.92 Å². The van der Waals surface area contributed by atoms with Crippen LogP contribution in [0.1, 0.15) is 54.4 Å². The zero-order valence-electron chi connectivity index (χ0n) is 15.2. The highest BCUT2D eigenvalue weighted by Crippen LogP contribution is 2.44. The predicted molar refractivity (Wildman–Crippen MR) is 94.5 cm³/mol. The smallest absolute Gasteiger partial charge is 0.254 e. The van der Waals surface area contributed by atoms with Gasteiger partial charge >= 0.3 is 0 Å². The summed E-state index contributed by atoms with van der Waals surface area (Å²) in [5.41, 5.74) is 1.48. The maximum absolute atomic E-state index is 13.2. The third kappa shape index (κ3) is 3.20. The number of ether oxygens (including phenoxy) is 2. The third-order valence-electron chi connectivity index (χ3n) is 6.32. The topological polar surface area (TPSA) is 51.7 Å². The Hall–Kier alpha value is -1.46. The van der Waals surface area contributed by atoms with Gasteiger partial charge in [-0.1, -0.05) is 0 Å². The van der Waals surface area contributed by atoms with Crippen molar-refractivity contribution in [2.45, 2.75) is 63.2 Å². The van der Waals surface area contributed by atoms with Gasteiger partial charge in [0, 0.05) is 38.2 Å². The molecule has 136 valence electrons. The van der Waals surface area contributed by atoms with Crippen LogP contribution in [-0.4, -0.2) is 53.8 Å². The molecule has 2 saturated carbocycles. The molecule has 1 saturated heterocycles. The maximum atomic E-state index is 13.2. The van der Waals surface area contributed by atoms with Gasteiger partial charge in [-0.25, -0.2) is 0 Å². The van der Waals surface area contributed by atoms with Crippen molar-refractivity contribution in [1.29, 1.82) is 0 Å². The molecule has 0 aromatic carbocycles. The summed E-state index contributed by atoms with van der Waals surface area (Å²) >= 11 is 0. The van der Waals surface area contributed by atoms with E-state index in [1.807, 2.05) is 17.9 Å². The Labute approximate surface area is 149 Å². The number of fused-ring (bicyclic) bond motifs is 1. The zero-order valence-corrected chi connectivity index (χ0v) is 15.2. The third-order valence-corrected chi connectivity index (χ3v) is 6.32. The molecule has 0 radical (unpaired) electrons. The minimum Gasteiger partial charge on any atom is -0.378 e. The number of aromatic nitrogens is 1. The minimum atomic E-state index is -0.198. The first-order valence-electron chi connectivity index (χ1n) is 9.51. The van der Waals surface area contributed by atoms with Crippen LogP contribution in [-0.2, 0) is 9.47 Å². The SMILES string of the molecule is CO[C@@]12CC[C@@H](OCC3CC3)C[C@@H]1N(C(=O)c1ccncc1C)CC2. The van der Waals surface area contributed by atoms with Gasteiger partial charge in [0.2, 0.25) is 0 Å². The molecule has 0 unspecified atom stereocenters. The summed E-state index contributed by atoms with van der Waals surface area (Å²) in [6.45, 7) is 3.59. The van der Waals surface area contributed by atoms with Crippen molar-refractivity contribution in [3.05, 3.63) is 29.6 Å². The van der Waals surface area contributed by atoms with Crippen molar-refractivity contribution in [3.8, 4) is 0 Å². The molecule has 1 amide bonds. The predicted octanol–water partition coefficient (Wildman–Crippen LogP) is 2.97. The first-order valence-corrected chi connectivity index (χ1v) is 9.51. The fraction of sp³-hybridized carbons (Fsp3) is 0.700. The van der Waals surface area contributed by atoms with Gasteiger partial charge in [0.25, 0.3) is 5.91 Å². The van der Waals surface area contributed by atoms with E-state index in [9.17, 15) is 4.79 Å². The summed E-state index contributed by atoms with van der Waals surface area (Å²) in [5, 5.41) is 0. The number of nitrogens with zero attached hydrogens (tertiary/aromatic N) is 2. The fourth-order valence-corrected chi connectivity index (χ4v) is 4.48. The number of amides is 1. The molecular weight excluding hydrogens is 316 g/mol. The molecule has 1 aliphatic heterocycles. The number of carbonyl (C=O) groups excluding carboxylic acids is 1. The lowest BCUT2D eigenvalue weighted by atomic mass is 9.79. The minimum absolute atomic E-state index is 0.103. The molecule has 0 spiro atoms. The van der Waals surface area contributed by atoms with Gasteiger partial charge in [-0.05, 0) is 63.0 Å². The average Bonchev–Trinajstić information content (AvgIpc) is 3.39. The van der Waals surface area contributed by atoms with Crippen molar-refractivity contribution in [2.75, 3.05) is 20.3 Å². The Bertz CT molecular complexity index is 646. The van der Waals surface area contributed by atoms with Crippen LogP contribution in [0.2, 0.25) is 0 Å². The van der Waals surface area contributed by atoms with Gasteiger partial charge in [-0.3, -0.25) is 9.78 Å². The van der Waals surface area contributed by atoms with E-state index in [0.717, 1.165) is 55.9 Å². The molecule has 25 heavy (non-hydrogen) atoms. The molecule has 1 aromatic rings. The van der Waals surface area contributed by atoms with Crippen LogP contribution in [0.4, 0.5) is 0 Å². The number of hydrogen-bond acceptors (Lipinski definition) is 4. The Balaban J connectivity index is 1.52. The zero-order chi connectivity index (χ0) is 17.4. The largest absolute Gasteiger partial charge is 0.378 e. The fourth-order valence-electron chi connectivity index (χ4n) is 4.48. The van der Waals surface area contributed by atoms with Crippen molar-refractivity contribution >= 4 is 5.91 Å². The second kappa shape index (κ2) is 6.69. The van der Waals surface area contributed by atoms with E-state index in [1.54, 1.807) is 19.5 Å². The highest BCUT2D eigenvalue weighted by atomic mass is 16.5. The summed E-state index contributed by atoms with van der Waals surface area (Å²) in [5.74, 6) is 0.876. The number of likely N-dealkylation sites (tertiary alicyclic amines) is 1. The van der Waals surface area contributed by atoms with Crippen LogP contribution in [0.25, 0.3) is 0 Å². The summed E-state index contributed by atoms with van der Waals surface area (Å²) in [7, 11) is 1.80. The first-order chi connectivity index (χ1) is 12.1. The lowest BCUT2D eigenvalue weighted by molar-refractivity contribution is -0.0977. The second-order valence-electron chi connectivity index (χ2n) is 7.90. The van der Waals surface area contributed by atoms with Crippen molar-refractivity contribution < 1.29 is 14.3 Å². The quantitative estimate of drug-likeness (QED) is 0.824. The van der Waals surface area contributed by atoms with E-state index in [1.165, 1.54) is 12.8 Å². The standard InChI is InChI=1S/C20H28N2O3/c1-14-12-21-9-6-17(14)19(23)22-10-8-20(24-2)7-5-16(11-18(20)22)25-13-15-3-4-15/h6,9,12,15-16,18H,3-5,7-8,10-11,13H2,1-2H3/t16-,18+,20-/m1/s1. The normalized spacial score (nSPS) is 31.8. The molecule has 3 aliphatic rings. The maximum Gasteiger partial charge on any atom is 0.254 e. The van der Waals surface area contributed by atoms with E-state index in [0.29, 0.717) is 0 Å². The summed E-state index contributed by atoms with van der Waals surface area (Å²) < 4.78 is 12.1. The molecule has 4 rings (SSSR count). The Kier molecular flexibility index (Phi) is 4.54. The molecule has 5 heteroatoms. The van der Waals surface area contributed by atoms with E-state index in [4.69, 9.17) is 9.47 Å². The number of aryl methyl sites for hydroxylation is 1. The van der Waals surface area contributed by atoms with E-state index in [-0.39, 0.29) is 23.7 Å². The van der Waals surface area contributed by atoms with Crippen LogP contribution >= 0.6 is 0 Å². The summed E-state index contributed by atoms with van der Waals surface area (Å²) in [6, 6.07) is 1.93. The van der Waals surface area contributed by atoms with Crippen LogP contribution in [0, 0.1) is 12.8 Å². The Morgan fingerprint density at radius 3 is 2.92 bits per heavy atom. The van der Waals surface area contributed by atoms with Gasteiger partial charge in [0.15, 0.2) is 0 Å². The lowest BCUT2D eigenvalue weighted by Gasteiger charge is -2.43.